The second-order valence-electron chi connectivity index (χ2n) is 38.2. The smallest absolute Gasteiger partial charge is 0.0492 e. The molecule has 0 fully saturated rings. The Morgan fingerprint density at radius 1 is 0.177 bits per heavy atom. The Kier molecular flexibility index (Phi) is 39.4. The molecule has 0 saturated carbocycles. The van der Waals surface area contributed by atoms with E-state index < -0.39 is 0 Å². The fraction of sp³-hybridized carbons (Fsp3) is 0.537. The minimum absolute atomic E-state index is 0.359. The van der Waals surface area contributed by atoms with E-state index in [9.17, 15) is 0 Å². The van der Waals surface area contributed by atoms with E-state index in [1.165, 1.54) is 447 Å². The third-order valence-corrected chi connectivity index (χ3v) is 28.2. The van der Waals surface area contributed by atoms with Crippen LogP contribution in [0.4, 0.5) is 0 Å². The van der Waals surface area contributed by atoms with Gasteiger partial charge >= 0.3 is 0 Å². The summed E-state index contributed by atoms with van der Waals surface area (Å²) in [7, 11) is 0. The van der Waals surface area contributed by atoms with Gasteiger partial charge in [-0.2, -0.15) is 0 Å². The first-order valence-corrected chi connectivity index (χ1v) is 52.0. The van der Waals surface area contributed by atoms with Crippen molar-refractivity contribution in [2.24, 2.45) is 0 Å². The Bertz CT molecular complexity index is 5070. The van der Waals surface area contributed by atoms with Crippen LogP contribution in [0.25, 0.3) is 76.5 Å². The molecule has 0 atom stereocenters. The molecule has 13 rings (SSSR count). The zero-order chi connectivity index (χ0) is 85.2. The van der Waals surface area contributed by atoms with Crippen LogP contribution >= 0.6 is 0 Å². The van der Waals surface area contributed by atoms with E-state index in [0.29, 0.717) is 5.92 Å². The van der Waals surface area contributed by atoms with Crippen molar-refractivity contribution < 1.29 is 0 Å². The lowest BCUT2D eigenvalue weighted by Gasteiger charge is -2.14. The normalized spacial score (nSPS) is 12.3. The highest BCUT2D eigenvalue weighted by molar-refractivity contribution is 6.11. The largest absolute Gasteiger partial charge is 0.340 e. The summed E-state index contributed by atoms with van der Waals surface area (Å²) in [5, 5.41) is 7.52. The molecular weight excluding hydrogens is 1500 g/mol. The maximum Gasteiger partial charge on any atom is 0.0492 e. The molecule has 0 aliphatic heterocycles. The number of hydrogen-bond donors (Lipinski definition) is 0. The molecule has 0 unspecified atom stereocenters. The van der Waals surface area contributed by atoms with E-state index in [2.05, 4.69) is 234 Å². The summed E-state index contributed by atoms with van der Waals surface area (Å²) in [5.74, 6) is 30.3. The van der Waals surface area contributed by atoms with Gasteiger partial charge in [0.15, 0.2) is 0 Å². The fourth-order valence-corrected chi connectivity index (χ4v) is 20.8. The van der Waals surface area contributed by atoms with Crippen LogP contribution in [0.5, 0.6) is 0 Å². The summed E-state index contributed by atoms with van der Waals surface area (Å²) < 4.78 is 7.81. The number of aryl methyl sites for hydroxylation is 3. The lowest BCUT2D eigenvalue weighted by atomic mass is 9.90. The molecule has 0 radical (unpaired) electrons. The predicted molar refractivity (Wildman–Crippen MR) is 542 cm³/mol. The molecule has 3 heterocycles. The zero-order valence-corrected chi connectivity index (χ0v) is 78.2. The predicted octanol–water partition coefficient (Wildman–Crippen LogP) is 36.4. The van der Waals surface area contributed by atoms with Crippen molar-refractivity contribution in [1.29, 1.82) is 0 Å². The van der Waals surface area contributed by atoms with Crippen molar-refractivity contribution in [3.8, 4) is 58.5 Å². The van der Waals surface area contributed by atoms with Crippen LogP contribution < -0.4 is 0 Å². The third-order valence-electron chi connectivity index (χ3n) is 28.2. The first kappa shape index (κ1) is 93.1. The number of hydrogen-bond acceptors (Lipinski definition) is 0. The maximum atomic E-state index is 3.76. The molecule has 3 nitrogen and oxygen atoms in total. The first-order chi connectivity index (χ1) is 61.5. The summed E-state index contributed by atoms with van der Waals surface area (Å²) in [6, 6.07) is 56.3. The highest BCUT2D eigenvalue weighted by atomic mass is 15.0. The van der Waals surface area contributed by atoms with Crippen molar-refractivity contribution in [3.05, 3.63) is 201 Å². The Morgan fingerprint density at radius 2 is 0.339 bits per heavy atom. The molecule has 2 aliphatic rings. The molecule has 3 aromatic heterocycles. The van der Waals surface area contributed by atoms with E-state index in [0.717, 1.165) is 70.6 Å². The Balaban J connectivity index is 0.803. The Morgan fingerprint density at radius 3 is 0.532 bits per heavy atom. The van der Waals surface area contributed by atoms with Crippen LogP contribution in [0, 0.1) is 47.4 Å². The average Bonchev–Trinajstić information content (AvgIpc) is 1.62. The van der Waals surface area contributed by atoms with Crippen molar-refractivity contribution in [2.45, 2.75) is 419 Å². The molecule has 0 spiro atoms. The topological polar surface area (TPSA) is 14.8 Å². The van der Waals surface area contributed by atoms with Crippen molar-refractivity contribution >= 4 is 65.4 Å². The monoisotopic (exact) mass is 1650 g/mol. The van der Waals surface area contributed by atoms with Gasteiger partial charge in [-0.1, -0.05) is 427 Å². The molecule has 0 N–H and O–H groups in total. The van der Waals surface area contributed by atoms with Crippen LogP contribution in [0.2, 0.25) is 0 Å². The van der Waals surface area contributed by atoms with Crippen molar-refractivity contribution in [1.82, 2.24) is 13.7 Å². The average molecular weight is 1650 g/mol. The maximum absolute atomic E-state index is 3.76. The van der Waals surface area contributed by atoms with Gasteiger partial charge in [0.1, 0.15) is 0 Å². The van der Waals surface area contributed by atoms with Crippen LogP contribution in [-0.4, -0.2) is 13.7 Å². The van der Waals surface area contributed by atoms with Crippen LogP contribution in [-0.2, 0) is 19.6 Å². The van der Waals surface area contributed by atoms with E-state index in [4.69, 9.17) is 0 Å². The minimum Gasteiger partial charge on any atom is -0.340 e. The molecule has 8 aromatic carbocycles. The number of fused-ring (bicyclic) bond motifs is 8. The molecule has 0 saturated heterocycles. The second-order valence-corrected chi connectivity index (χ2v) is 38.2. The fourth-order valence-electron chi connectivity index (χ4n) is 20.8. The van der Waals surface area contributed by atoms with Crippen LogP contribution in [0.1, 0.15) is 455 Å². The highest BCUT2D eigenvalue weighted by Gasteiger charge is 2.29. The van der Waals surface area contributed by atoms with Gasteiger partial charge in [0.2, 0.25) is 0 Å². The molecule has 0 amide bonds. The molecule has 11 aromatic rings. The minimum atomic E-state index is 0.359. The van der Waals surface area contributed by atoms with E-state index in [1.54, 1.807) is 0 Å². The van der Waals surface area contributed by atoms with Crippen molar-refractivity contribution in [2.75, 3.05) is 0 Å². The Hall–Kier alpha value is -8.60. The van der Waals surface area contributed by atoms with Gasteiger partial charge in [0.05, 0.1) is 0 Å². The number of rotatable bonds is 60. The number of nitrogens with zero attached hydrogens (tertiary/aromatic N) is 3. The van der Waals surface area contributed by atoms with Gasteiger partial charge in [-0.05, 0) is 181 Å². The van der Waals surface area contributed by atoms with Gasteiger partial charge in [-0.25, -0.2) is 0 Å². The summed E-state index contributed by atoms with van der Waals surface area (Å²) in [6.07, 6.45) is 77.5. The van der Waals surface area contributed by atoms with E-state index >= 15 is 0 Å². The van der Waals surface area contributed by atoms with Crippen molar-refractivity contribution in [3.63, 3.8) is 0 Å². The SMILES string of the molecule is CCCCCCCCCCCCCCCCC1c2ccc3cc2-c2cc(ccc21)C#Cc1ccc2c(c1)c1cc(ccc1n2CCCCCCCCCCCCCCCC)C#Cc1ccc2c(c1)c1cc(ccc1n2CCCCCCCCCCCCCCCC)C#Cc1ccc2c(c1)c1cc(ccc1n2CCCCCCCCCCCCCCCC)C#C3. The second kappa shape index (κ2) is 52.5. The summed E-state index contributed by atoms with van der Waals surface area (Å²) in [6.45, 7) is 12.3. The lowest BCUT2D eigenvalue weighted by molar-refractivity contribution is 0.528. The summed E-state index contributed by atoms with van der Waals surface area (Å²) in [5.41, 5.74) is 21.6. The molecular formula is C121H157N3. The Labute approximate surface area is 753 Å². The van der Waals surface area contributed by atoms with Crippen LogP contribution in [0.3, 0.4) is 0 Å². The first-order valence-electron chi connectivity index (χ1n) is 52.0. The zero-order valence-electron chi connectivity index (χ0n) is 78.2. The number of aromatic nitrogens is 3. The summed E-state index contributed by atoms with van der Waals surface area (Å²) >= 11 is 0. The molecule has 2 aliphatic carbocycles. The molecule has 656 valence electrons. The van der Waals surface area contributed by atoms with Gasteiger partial charge < -0.3 is 13.7 Å². The summed E-state index contributed by atoms with van der Waals surface area (Å²) in [4.78, 5) is 0. The standard InChI is InChI=1S/C121H157N3/c1-5-9-13-17-21-25-29-33-37-41-45-49-53-57-61-105-106-78-70-97-62-64-99-72-80-116-110(91-99)112-93-101(74-82-118(112)122(116)86-58-54-50-46-42-38-34-30-26-22-18-14-10-6-2)66-68-103-76-84-120-114(95-103)115-96-104(77-85-121(115)124(120)88-60-56-52-48-44-40-36-32-28-24-20-16-12-8-4)69-67-102-75-83-119-113(94-102)111-92-100(65-63-98-71-79-107(105)109(90-98)108(106)89-97)73-81-117(111)123(119)87-59-55-51-47-43-39-35-31-27-23-19-15-11-7-3/h70-85,89-96,105H,5-61,86-88H2,1-4H3. The molecule has 124 heavy (non-hydrogen) atoms. The van der Waals surface area contributed by atoms with E-state index in [1.807, 2.05) is 0 Å². The third kappa shape index (κ3) is 27.7. The van der Waals surface area contributed by atoms with Gasteiger partial charge in [0.25, 0.3) is 0 Å². The molecule has 16 bridgehead atoms. The lowest BCUT2D eigenvalue weighted by Crippen LogP contribution is -1.98. The van der Waals surface area contributed by atoms with Gasteiger partial charge in [-0.15, -0.1) is 0 Å². The quantitative estimate of drug-likeness (QED) is 0.0267. The van der Waals surface area contributed by atoms with Crippen LogP contribution in [0.15, 0.2) is 146 Å². The number of benzene rings is 8. The van der Waals surface area contributed by atoms with Gasteiger partial charge in [-0.3, -0.25) is 0 Å². The van der Waals surface area contributed by atoms with E-state index in [-0.39, 0.29) is 0 Å². The highest BCUT2D eigenvalue weighted by Crippen LogP contribution is 2.48. The molecule has 3 heteroatoms. The van der Waals surface area contributed by atoms with Gasteiger partial charge in [0, 0.05) is 135 Å². The number of unbranched alkanes of at least 4 members (excludes halogenated alkanes) is 52.